The Morgan fingerprint density at radius 2 is 1.35 bits per heavy atom. The van der Waals surface area contributed by atoms with Gasteiger partial charge in [-0.2, -0.15) is 0 Å². The second kappa shape index (κ2) is 8.20. The molecule has 0 unspecified atom stereocenters. The van der Waals surface area contributed by atoms with E-state index in [1.807, 2.05) is 54.6 Å². The van der Waals surface area contributed by atoms with Crippen LogP contribution in [0.2, 0.25) is 0 Å². The third-order valence-electron chi connectivity index (χ3n) is 5.65. The largest absolute Gasteiger partial charge is 0.492 e. The Labute approximate surface area is 180 Å². The van der Waals surface area contributed by atoms with E-state index in [4.69, 9.17) is 4.74 Å². The standard InChI is InChI=1S/C26H22N2O3/c29-25-21-11-3-8-19-9-4-12-22(24(19)21)26(30)28(25)16-14-27-15-17-31-23-13-5-7-18-6-1-2-10-20(18)23/h1-13,27H,14-17H2. The van der Waals surface area contributed by atoms with Crippen molar-refractivity contribution in [3.63, 3.8) is 0 Å². The van der Waals surface area contributed by atoms with Crippen molar-refractivity contribution in [1.82, 2.24) is 10.2 Å². The molecule has 1 aliphatic rings. The van der Waals surface area contributed by atoms with Crippen molar-refractivity contribution in [2.45, 2.75) is 0 Å². The molecule has 0 saturated carbocycles. The fraction of sp³-hybridized carbons (Fsp3) is 0.154. The lowest BCUT2D eigenvalue weighted by Gasteiger charge is -2.27. The summed E-state index contributed by atoms with van der Waals surface area (Å²) in [5.74, 6) is 0.386. The van der Waals surface area contributed by atoms with Crippen LogP contribution >= 0.6 is 0 Å². The Morgan fingerprint density at radius 1 is 0.710 bits per heavy atom. The van der Waals surface area contributed by atoms with Crippen LogP contribution in [-0.2, 0) is 0 Å². The zero-order valence-corrected chi connectivity index (χ0v) is 17.0. The summed E-state index contributed by atoms with van der Waals surface area (Å²) in [7, 11) is 0. The Balaban J connectivity index is 1.18. The monoisotopic (exact) mass is 410 g/mol. The molecule has 0 aromatic heterocycles. The molecule has 5 nitrogen and oxygen atoms in total. The highest BCUT2D eigenvalue weighted by Crippen LogP contribution is 2.29. The lowest BCUT2D eigenvalue weighted by Crippen LogP contribution is -2.44. The highest BCUT2D eigenvalue weighted by molar-refractivity contribution is 6.25. The Morgan fingerprint density at radius 3 is 2.13 bits per heavy atom. The van der Waals surface area contributed by atoms with E-state index in [1.54, 1.807) is 12.1 Å². The molecule has 0 radical (unpaired) electrons. The summed E-state index contributed by atoms with van der Waals surface area (Å²) in [5.41, 5.74) is 1.18. The molecule has 1 N–H and O–H groups in total. The summed E-state index contributed by atoms with van der Waals surface area (Å²) in [6.07, 6.45) is 0. The molecular weight excluding hydrogens is 388 g/mol. The normalized spacial score (nSPS) is 13.2. The number of carbonyl (C=O) groups is 2. The number of imide groups is 1. The molecule has 0 aliphatic carbocycles. The maximum Gasteiger partial charge on any atom is 0.261 e. The van der Waals surface area contributed by atoms with E-state index in [2.05, 4.69) is 17.4 Å². The van der Waals surface area contributed by atoms with Crippen LogP contribution < -0.4 is 10.1 Å². The zero-order valence-electron chi connectivity index (χ0n) is 17.0. The van der Waals surface area contributed by atoms with Crippen LogP contribution in [0.1, 0.15) is 20.7 Å². The maximum atomic E-state index is 12.9. The Kier molecular flexibility index (Phi) is 5.10. The van der Waals surface area contributed by atoms with Crippen molar-refractivity contribution >= 4 is 33.4 Å². The highest BCUT2D eigenvalue weighted by Gasteiger charge is 2.32. The van der Waals surface area contributed by atoms with E-state index in [0.717, 1.165) is 27.3 Å². The van der Waals surface area contributed by atoms with Gasteiger partial charge in [0, 0.05) is 41.5 Å². The number of hydrogen-bond acceptors (Lipinski definition) is 4. The maximum absolute atomic E-state index is 12.9. The fourth-order valence-corrected chi connectivity index (χ4v) is 4.15. The number of amides is 2. The van der Waals surface area contributed by atoms with Gasteiger partial charge in [-0.05, 0) is 29.0 Å². The minimum Gasteiger partial charge on any atom is -0.492 e. The number of nitrogens with one attached hydrogen (secondary N) is 1. The quantitative estimate of drug-likeness (QED) is 0.365. The van der Waals surface area contributed by atoms with Crippen LogP contribution in [0.25, 0.3) is 21.5 Å². The van der Waals surface area contributed by atoms with Gasteiger partial charge in [-0.15, -0.1) is 0 Å². The first-order valence-corrected chi connectivity index (χ1v) is 10.4. The lowest BCUT2D eigenvalue weighted by molar-refractivity contribution is 0.0612. The molecule has 154 valence electrons. The third kappa shape index (κ3) is 3.53. The van der Waals surface area contributed by atoms with E-state index in [-0.39, 0.29) is 11.8 Å². The third-order valence-corrected chi connectivity index (χ3v) is 5.65. The number of nitrogens with zero attached hydrogens (tertiary/aromatic N) is 1. The van der Waals surface area contributed by atoms with Gasteiger partial charge in [0.25, 0.3) is 11.8 Å². The lowest BCUT2D eigenvalue weighted by atomic mass is 9.94. The van der Waals surface area contributed by atoms with Crippen molar-refractivity contribution in [3.05, 3.63) is 90.0 Å². The smallest absolute Gasteiger partial charge is 0.261 e. The summed E-state index contributed by atoms with van der Waals surface area (Å²) >= 11 is 0. The summed E-state index contributed by atoms with van der Waals surface area (Å²) < 4.78 is 5.93. The average molecular weight is 410 g/mol. The molecule has 4 aromatic rings. The van der Waals surface area contributed by atoms with Gasteiger partial charge in [-0.25, -0.2) is 0 Å². The molecule has 0 saturated heterocycles. The predicted octanol–water partition coefficient (Wildman–Crippen LogP) is 4.26. The molecule has 0 fully saturated rings. The topological polar surface area (TPSA) is 58.6 Å². The van der Waals surface area contributed by atoms with Gasteiger partial charge >= 0.3 is 0 Å². The molecule has 1 heterocycles. The molecule has 1 aliphatic heterocycles. The van der Waals surface area contributed by atoms with E-state index in [1.165, 1.54) is 4.90 Å². The Hall–Kier alpha value is -3.70. The van der Waals surface area contributed by atoms with Crippen LogP contribution in [0.15, 0.2) is 78.9 Å². The van der Waals surface area contributed by atoms with Crippen LogP contribution in [0.5, 0.6) is 5.75 Å². The minimum absolute atomic E-state index is 0.233. The molecule has 2 amide bonds. The van der Waals surface area contributed by atoms with Crippen molar-refractivity contribution < 1.29 is 14.3 Å². The number of ether oxygens (including phenoxy) is 1. The summed E-state index contributed by atoms with van der Waals surface area (Å²) in [5, 5.41) is 7.17. The predicted molar refractivity (Wildman–Crippen MR) is 122 cm³/mol. The van der Waals surface area contributed by atoms with Gasteiger partial charge in [-0.1, -0.05) is 60.7 Å². The van der Waals surface area contributed by atoms with Crippen molar-refractivity contribution in [1.29, 1.82) is 0 Å². The van der Waals surface area contributed by atoms with Gasteiger partial charge in [0.05, 0.1) is 0 Å². The van der Waals surface area contributed by atoms with Gasteiger partial charge in [0.2, 0.25) is 0 Å². The van der Waals surface area contributed by atoms with Crippen LogP contribution in [-0.4, -0.2) is 43.0 Å². The number of hydrogen-bond donors (Lipinski definition) is 1. The number of carbonyl (C=O) groups excluding carboxylic acids is 2. The van der Waals surface area contributed by atoms with Crippen molar-refractivity contribution in [3.8, 4) is 5.75 Å². The van der Waals surface area contributed by atoms with E-state index < -0.39 is 0 Å². The molecule has 4 aromatic carbocycles. The number of fused-ring (bicyclic) bond motifs is 1. The van der Waals surface area contributed by atoms with Crippen LogP contribution in [0, 0.1) is 0 Å². The molecule has 0 atom stereocenters. The fourth-order valence-electron chi connectivity index (χ4n) is 4.15. The Bertz CT molecular complexity index is 1240. The molecule has 5 rings (SSSR count). The van der Waals surface area contributed by atoms with E-state index >= 15 is 0 Å². The van der Waals surface area contributed by atoms with E-state index in [9.17, 15) is 9.59 Å². The summed E-state index contributed by atoms with van der Waals surface area (Å²) in [6.45, 7) is 1.94. The highest BCUT2D eigenvalue weighted by atomic mass is 16.5. The number of benzene rings is 4. The van der Waals surface area contributed by atoms with E-state index in [0.29, 0.717) is 37.4 Å². The summed E-state index contributed by atoms with van der Waals surface area (Å²) in [6, 6.07) is 25.3. The summed E-state index contributed by atoms with van der Waals surface area (Å²) in [4.78, 5) is 27.1. The first-order chi connectivity index (χ1) is 15.2. The van der Waals surface area contributed by atoms with Crippen molar-refractivity contribution in [2.24, 2.45) is 0 Å². The molecule has 5 heteroatoms. The van der Waals surface area contributed by atoms with Crippen molar-refractivity contribution in [2.75, 3.05) is 26.2 Å². The van der Waals surface area contributed by atoms with Gasteiger partial charge in [-0.3, -0.25) is 14.5 Å². The second-order valence-electron chi connectivity index (χ2n) is 7.55. The SMILES string of the molecule is O=C1c2cccc3cccc(c23)C(=O)N1CCNCCOc1cccc2ccccc12. The second-order valence-corrected chi connectivity index (χ2v) is 7.55. The first-order valence-electron chi connectivity index (χ1n) is 10.4. The zero-order chi connectivity index (χ0) is 21.2. The minimum atomic E-state index is -0.233. The van der Waals surface area contributed by atoms with Gasteiger partial charge in [0.15, 0.2) is 0 Å². The molecule has 0 spiro atoms. The van der Waals surface area contributed by atoms with Gasteiger partial charge in [0.1, 0.15) is 12.4 Å². The molecular formula is C26H22N2O3. The molecule has 31 heavy (non-hydrogen) atoms. The van der Waals surface area contributed by atoms with Crippen LogP contribution in [0.3, 0.4) is 0 Å². The first kappa shape index (κ1) is 19.3. The van der Waals surface area contributed by atoms with Gasteiger partial charge < -0.3 is 10.1 Å². The van der Waals surface area contributed by atoms with Crippen LogP contribution in [0.4, 0.5) is 0 Å². The average Bonchev–Trinajstić information content (AvgIpc) is 2.81. The molecule has 0 bridgehead atoms. The number of rotatable bonds is 7.